The topological polar surface area (TPSA) is 67.6 Å². The molecule has 4 nitrogen and oxygen atoms in total. The highest BCUT2D eigenvalue weighted by Crippen LogP contribution is 2.27. The number of nitrogens with zero attached hydrogens (tertiary/aromatic N) is 2. The summed E-state index contributed by atoms with van der Waals surface area (Å²) >= 11 is 3.38. The average Bonchev–Trinajstić information content (AvgIpc) is 2.72. The largest absolute Gasteiger partial charge is 0.398 e. The van der Waals surface area contributed by atoms with E-state index in [2.05, 4.69) is 30.9 Å². The zero-order valence-electron chi connectivity index (χ0n) is 8.81. The Morgan fingerprint density at radius 3 is 2.88 bits per heavy atom. The van der Waals surface area contributed by atoms with Gasteiger partial charge in [0, 0.05) is 21.9 Å². The molecule has 1 aromatic carbocycles. The summed E-state index contributed by atoms with van der Waals surface area (Å²) in [6.07, 6.45) is 3.47. The number of nitrogens with two attached hydrogens (primary N) is 1. The number of aromatic amines is 1. The van der Waals surface area contributed by atoms with Crippen LogP contribution in [0.15, 0.2) is 41.1 Å². The highest BCUT2D eigenvalue weighted by Gasteiger charge is 2.08. The lowest BCUT2D eigenvalue weighted by atomic mass is 10.2. The van der Waals surface area contributed by atoms with E-state index in [9.17, 15) is 0 Å². The number of pyridine rings is 1. The minimum Gasteiger partial charge on any atom is -0.398 e. The van der Waals surface area contributed by atoms with Crippen LogP contribution in [0, 0.1) is 0 Å². The molecule has 0 unspecified atom stereocenters. The maximum absolute atomic E-state index is 5.97. The van der Waals surface area contributed by atoms with Crippen molar-refractivity contribution in [1.82, 2.24) is 15.0 Å². The Morgan fingerprint density at radius 1 is 1.24 bits per heavy atom. The van der Waals surface area contributed by atoms with Gasteiger partial charge in [-0.05, 0) is 24.3 Å². The maximum Gasteiger partial charge on any atom is 0.140 e. The summed E-state index contributed by atoms with van der Waals surface area (Å²) < 4.78 is 0.955. The fourth-order valence-corrected chi connectivity index (χ4v) is 2.11. The van der Waals surface area contributed by atoms with Crippen molar-refractivity contribution < 1.29 is 0 Å². The Hall–Kier alpha value is -1.88. The van der Waals surface area contributed by atoms with Gasteiger partial charge in [0.1, 0.15) is 5.82 Å². The Morgan fingerprint density at radius 2 is 2.12 bits per heavy atom. The molecule has 0 amide bonds. The van der Waals surface area contributed by atoms with E-state index >= 15 is 0 Å². The van der Waals surface area contributed by atoms with Crippen molar-refractivity contribution in [2.75, 3.05) is 5.73 Å². The number of halogens is 1. The van der Waals surface area contributed by atoms with Gasteiger partial charge in [-0.25, -0.2) is 4.98 Å². The third-order valence-corrected chi connectivity index (χ3v) is 3.05. The molecule has 0 aliphatic carbocycles. The van der Waals surface area contributed by atoms with Crippen molar-refractivity contribution in [3.63, 3.8) is 0 Å². The first-order valence-electron chi connectivity index (χ1n) is 5.09. The summed E-state index contributed by atoms with van der Waals surface area (Å²) in [5.74, 6) is 0.762. The van der Waals surface area contributed by atoms with Crippen molar-refractivity contribution in [2.24, 2.45) is 0 Å². The third kappa shape index (κ3) is 1.78. The van der Waals surface area contributed by atoms with Crippen molar-refractivity contribution in [1.29, 1.82) is 0 Å². The molecule has 3 aromatic rings. The summed E-state index contributed by atoms with van der Waals surface area (Å²) in [5, 5.41) is 0. The van der Waals surface area contributed by atoms with Gasteiger partial charge in [0.25, 0.3) is 0 Å². The van der Waals surface area contributed by atoms with E-state index in [-0.39, 0.29) is 0 Å². The van der Waals surface area contributed by atoms with Gasteiger partial charge in [0.15, 0.2) is 0 Å². The molecule has 2 heterocycles. The van der Waals surface area contributed by atoms with Crippen molar-refractivity contribution in [2.45, 2.75) is 0 Å². The quantitative estimate of drug-likeness (QED) is 0.677. The summed E-state index contributed by atoms with van der Waals surface area (Å²) in [5.41, 5.74) is 9.34. The van der Waals surface area contributed by atoms with Crippen LogP contribution < -0.4 is 5.73 Å². The molecule has 0 saturated carbocycles. The Labute approximate surface area is 106 Å². The molecule has 0 saturated heterocycles. The SMILES string of the molecule is Nc1cc(Br)ccc1-c1nc2ccncc2[nH]1. The smallest absolute Gasteiger partial charge is 0.140 e. The molecule has 0 spiro atoms. The monoisotopic (exact) mass is 288 g/mol. The van der Waals surface area contributed by atoms with Gasteiger partial charge < -0.3 is 10.7 Å². The second kappa shape index (κ2) is 3.85. The molecule has 17 heavy (non-hydrogen) atoms. The van der Waals surface area contributed by atoms with Gasteiger partial charge in [-0.2, -0.15) is 0 Å². The molecule has 3 N–H and O–H groups in total. The molecule has 0 atom stereocenters. The van der Waals surface area contributed by atoms with Crippen LogP contribution in [0.3, 0.4) is 0 Å². The average molecular weight is 289 g/mol. The van der Waals surface area contributed by atoms with Crippen LogP contribution in [0.25, 0.3) is 22.4 Å². The number of nitrogen functional groups attached to an aromatic ring is 1. The number of anilines is 1. The Balaban J connectivity index is 2.20. The Kier molecular flexibility index (Phi) is 2.33. The fourth-order valence-electron chi connectivity index (χ4n) is 1.73. The first kappa shape index (κ1) is 10.3. The first-order valence-corrected chi connectivity index (χ1v) is 5.88. The van der Waals surface area contributed by atoms with E-state index in [1.54, 1.807) is 12.4 Å². The molecule has 2 aromatic heterocycles. The van der Waals surface area contributed by atoms with E-state index in [1.165, 1.54) is 0 Å². The van der Waals surface area contributed by atoms with Gasteiger partial charge in [0.2, 0.25) is 0 Å². The minimum absolute atomic E-state index is 0.686. The third-order valence-electron chi connectivity index (χ3n) is 2.55. The van der Waals surface area contributed by atoms with Crippen LogP contribution in [-0.4, -0.2) is 15.0 Å². The van der Waals surface area contributed by atoms with Gasteiger partial charge in [0.05, 0.1) is 17.2 Å². The van der Waals surface area contributed by atoms with E-state index < -0.39 is 0 Å². The second-order valence-corrected chi connectivity index (χ2v) is 4.63. The number of aromatic nitrogens is 3. The molecule has 0 fully saturated rings. The molecule has 84 valence electrons. The first-order chi connectivity index (χ1) is 8.24. The predicted molar refractivity (Wildman–Crippen MR) is 71.4 cm³/mol. The molecule has 0 aliphatic rings. The summed E-state index contributed by atoms with van der Waals surface area (Å²) in [6.45, 7) is 0. The number of hydrogen-bond acceptors (Lipinski definition) is 3. The second-order valence-electron chi connectivity index (χ2n) is 3.71. The van der Waals surface area contributed by atoms with Gasteiger partial charge in [-0.1, -0.05) is 15.9 Å². The van der Waals surface area contributed by atoms with Crippen molar-refractivity contribution in [3.05, 3.63) is 41.1 Å². The van der Waals surface area contributed by atoms with E-state index in [4.69, 9.17) is 5.73 Å². The zero-order chi connectivity index (χ0) is 11.8. The molecule has 0 radical (unpaired) electrons. The number of hydrogen-bond donors (Lipinski definition) is 2. The van der Waals surface area contributed by atoms with Crippen LogP contribution in [0.1, 0.15) is 0 Å². The number of fused-ring (bicyclic) bond motifs is 1. The molecule has 5 heteroatoms. The van der Waals surface area contributed by atoms with Gasteiger partial charge >= 0.3 is 0 Å². The van der Waals surface area contributed by atoms with Crippen LogP contribution in [0.2, 0.25) is 0 Å². The number of benzene rings is 1. The van der Waals surface area contributed by atoms with E-state index in [1.807, 2.05) is 24.3 Å². The molecular formula is C12H9BrN4. The lowest BCUT2D eigenvalue weighted by Crippen LogP contribution is -1.91. The van der Waals surface area contributed by atoms with Gasteiger partial charge in [-0.3, -0.25) is 4.98 Å². The molecule has 0 bridgehead atoms. The van der Waals surface area contributed by atoms with Crippen LogP contribution in [-0.2, 0) is 0 Å². The van der Waals surface area contributed by atoms with Crippen LogP contribution >= 0.6 is 15.9 Å². The molecule has 0 aliphatic heterocycles. The molecule has 3 rings (SSSR count). The highest BCUT2D eigenvalue weighted by atomic mass is 79.9. The van der Waals surface area contributed by atoms with Gasteiger partial charge in [-0.15, -0.1) is 0 Å². The number of nitrogens with one attached hydrogen (secondary N) is 1. The summed E-state index contributed by atoms with van der Waals surface area (Å²) in [7, 11) is 0. The number of imidazole rings is 1. The van der Waals surface area contributed by atoms with E-state index in [0.717, 1.165) is 26.9 Å². The maximum atomic E-state index is 5.97. The minimum atomic E-state index is 0.686. The van der Waals surface area contributed by atoms with Crippen LogP contribution in [0.4, 0.5) is 5.69 Å². The zero-order valence-corrected chi connectivity index (χ0v) is 10.4. The summed E-state index contributed by atoms with van der Waals surface area (Å²) in [6, 6.07) is 7.60. The Bertz CT molecular complexity index is 657. The number of rotatable bonds is 1. The highest BCUT2D eigenvalue weighted by molar-refractivity contribution is 9.10. The van der Waals surface area contributed by atoms with Crippen molar-refractivity contribution in [3.8, 4) is 11.4 Å². The fraction of sp³-hybridized carbons (Fsp3) is 0. The van der Waals surface area contributed by atoms with E-state index in [0.29, 0.717) is 5.69 Å². The lowest BCUT2D eigenvalue weighted by Gasteiger charge is -2.02. The van der Waals surface area contributed by atoms with Crippen LogP contribution in [0.5, 0.6) is 0 Å². The normalized spacial score (nSPS) is 10.9. The van der Waals surface area contributed by atoms with Crippen molar-refractivity contribution >= 4 is 32.7 Å². The summed E-state index contributed by atoms with van der Waals surface area (Å²) in [4.78, 5) is 11.7. The lowest BCUT2D eigenvalue weighted by molar-refractivity contribution is 1.33. The standard InChI is InChI=1S/C12H9BrN4/c13-7-1-2-8(9(14)5-7)12-16-10-3-4-15-6-11(10)17-12/h1-6H,14H2,(H,16,17). The predicted octanol–water partition coefficient (Wildman–Crippen LogP) is 2.97. The molecular weight excluding hydrogens is 280 g/mol. The number of H-pyrrole nitrogens is 1.